The molecule has 0 spiro atoms. The Hall–Kier alpha value is -1.93. The number of aromatic nitrogens is 1. The van der Waals surface area contributed by atoms with Gasteiger partial charge in [0, 0.05) is 10.6 Å². The maximum atomic E-state index is 12.8. The van der Waals surface area contributed by atoms with Gasteiger partial charge in [0.2, 0.25) is 11.8 Å². The Kier molecular flexibility index (Phi) is 6.04. The van der Waals surface area contributed by atoms with Crippen LogP contribution in [0.2, 0.25) is 0 Å². The molecule has 3 rings (SSSR count). The third kappa shape index (κ3) is 5.27. The summed E-state index contributed by atoms with van der Waals surface area (Å²) in [6, 6.07) is 5.55. The second-order valence-corrected chi connectivity index (χ2v) is 7.76. The summed E-state index contributed by atoms with van der Waals surface area (Å²) in [7, 11) is 0. The molecule has 0 saturated carbocycles. The molecule has 132 valence electrons. The molecule has 2 aromatic rings. The van der Waals surface area contributed by atoms with E-state index in [2.05, 4.69) is 15.6 Å². The number of anilines is 2. The monoisotopic (exact) mass is 379 g/mol. The first kappa shape index (κ1) is 17.9. The molecule has 0 saturated heterocycles. The molecule has 5 nitrogen and oxygen atoms in total. The van der Waals surface area contributed by atoms with Crippen molar-refractivity contribution in [2.24, 2.45) is 0 Å². The van der Waals surface area contributed by atoms with Crippen LogP contribution < -0.4 is 10.6 Å². The lowest BCUT2D eigenvalue weighted by Gasteiger charge is -2.06. The second-order valence-electron chi connectivity index (χ2n) is 5.69. The Morgan fingerprint density at radius 2 is 1.76 bits per heavy atom. The predicted octanol–water partition coefficient (Wildman–Crippen LogP) is 3.47. The van der Waals surface area contributed by atoms with Crippen molar-refractivity contribution in [2.45, 2.75) is 25.7 Å². The number of hydrogen-bond acceptors (Lipinski definition) is 5. The number of amides is 2. The number of rotatable bonds is 6. The van der Waals surface area contributed by atoms with E-state index in [1.165, 1.54) is 47.3 Å². The van der Waals surface area contributed by atoms with E-state index >= 15 is 0 Å². The van der Waals surface area contributed by atoms with Gasteiger partial charge in [0.1, 0.15) is 5.82 Å². The Morgan fingerprint density at radius 1 is 1.08 bits per heavy atom. The molecule has 2 N–H and O–H groups in total. The van der Waals surface area contributed by atoms with Crippen LogP contribution >= 0.6 is 23.1 Å². The van der Waals surface area contributed by atoms with E-state index in [0.717, 1.165) is 25.0 Å². The highest BCUT2D eigenvalue weighted by Crippen LogP contribution is 2.29. The Morgan fingerprint density at radius 3 is 2.48 bits per heavy atom. The van der Waals surface area contributed by atoms with Crippen LogP contribution in [0.25, 0.3) is 0 Å². The zero-order valence-electron chi connectivity index (χ0n) is 13.5. The summed E-state index contributed by atoms with van der Waals surface area (Å²) in [5.74, 6) is -0.409. The van der Waals surface area contributed by atoms with E-state index in [1.54, 1.807) is 11.3 Å². The van der Waals surface area contributed by atoms with Gasteiger partial charge in [0.05, 0.1) is 17.2 Å². The van der Waals surface area contributed by atoms with Crippen LogP contribution in [-0.2, 0) is 22.4 Å². The van der Waals surface area contributed by atoms with Crippen LogP contribution in [0.3, 0.4) is 0 Å². The molecule has 1 aromatic carbocycles. The number of nitrogens with one attached hydrogen (secondary N) is 2. The van der Waals surface area contributed by atoms with Crippen molar-refractivity contribution in [3.8, 4) is 0 Å². The highest BCUT2D eigenvalue weighted by molar-refractivity contribution is 8.00. The molecule has 1 aromatic heterocycles. The third-order valence-corrected chi connectivity index (χ3v) is 5.69. The van der Waals surface area contributed by atoms with Crippen LogP contribution in [0.1, 0.15) is 23.4 Å². The first-order valence-electron chi connectivity index (χ1n) is 8.02. The highest BCUT2D eigenvalue weighted by Gasteiger charge is 2.16. The molecule has 0 atom stereocenters. The van der Waals surface area contributed by atoms with Crippen molar-refractivity contribution < 1.29 is 14.0 Å². The molecular formula is C17H18FN3O2S2. The van der Waals surface area contributed by atoms with Gasteiger partial charge in [-0.05, 0) is 49.9 Å². The largest absolute Gasteiger partial charge is 0.325 e. The number of nitrogens with zero attached hydrogens (tertiary/aromatic N) is 1. The minimum absolute atomic E-state index is 0.152. The van der Waals surface area contributed by atoms with Gasteiger partial charge in [0.15, 0.2) is 5.13 Å². The number of hydrogen-bond donors (Lipinski definition) is 2. The van der Waals surface area contributed by atoms with Gasteiger partial charge in [0.25, 0.3) is 0 Å². The van der Waals surface area contributed by atoms with Crippen LogP contribution in [0.5, 0.6) is 0 Å². The van der Waals surface area contributed by atoms with Crippen LogP contribution in [0.15, 0.2) is 24.3 Å². The quantitative estimate of drug-likeness (QED) is 0.806. The fraction of sp³-hybridized carbons (Fsp3) is 0.353. The molecule has 8 heteroatoms. The van der Waals surface area contributed by atoms with Gasteiger partial charge in [-0.15, -0.1) is 23.1 Å². The highest BCUT2D eigenvalue weighted by atomic mass is 32.2. The van der Waals surface area contributed by atoms with Crippen molar-refractivity contribution in [3.05, 3.63) is 40.7 Å². The molecule has 0 unspecified atom stereocenters. The van der Waals surface area contributed by atoms with E-state index in [0.29, 0.717) is 10.8 Å². The molecule has 0 radical (unpaired) electrons. The molecule has 1 aliphatic rings. The van der Waals surface area contributed by atoms with Crippen LogP contribution in [-0.4, -0.2) is 28.3 Å². The van der Waals surface area contributed by atoms with Gasteiger partial charge in [-0.2, -0.15) is 0 Å². The number of carbonyl (C=O) groups is 2. The lowest BCUT2D eigenvalue weighted by atomic mass is 10.0. The SMILES string of the molecule is O=C(CSCC(=O)Nc1nc2c(s1)CCCC2)Nc1ccc(F)cc1. The third-order valence-electron chi connectivity index (χ3n) is 3.69. The minimum atomic E-state index is -0.354. The van der Waals surface area contributed by atoms with Crippen molar-refractivity contribution >= 4 is 45.7 Å². The van der Waals surface area contributed by atoms with E-state index < -0.39 is 0 Å². The maximum absolute atomic E-state index is 12.8. The average molecular weight is 379 g/mol. The zero-order chi connectivity index (χ0) is 17.6. The molecule has 1 aliphatic carbocycles. The normalized spacial score (nSPS) is 13.2. The summed E-state index contributed by atoms with van der Waals surface area (Å²) in [6.07, 6.45) is 4.37. The lowest BCUT2D eigenvalue weighted by Crippen LogP contribution is -2.18. The van der Waals surface area contributed by atoms with Crippen molar-refractivity contribution in [1.82, 2.24) is 4.98 Å². The molecule has 1 heterocycles. The number of benzene rings is 1. The van der Waals surface area contributed by atoms with Gasteiger partial charge in [-0.3, -0.25) is 9.59 Å². The van der Waals surface area contributed by atoms with Crippen LogP contribution in [0, 0.1) is 5.82 Å². The van der Waals surface area contributed by atoms with E-state index in [-0.39, 0.29) is 29.1 Å². The summed E-state index contributed by atoms with van der Waals surface area (Å²) >= 11 is 2.77. The van der Waals surface area contributed by atoms with Crippen molar-refractivity contribution in [2.75, 3.05) is 22.1 Å². The zero-order valence-corrected chi connectivity index (χ0v) is 15.1. The minimum Gasteiger partial charge on any atom is -0.325 e. The summed E-state index contributed by atoms with van der Waals surface area (Å²) in [5.41, 5.74) is 1.64. The van der Waals surface area contributed by atoms with Gasteiger partial charge in [-0.25, -0.2) is 9.37 Å². The molecule has 0 aliphatic heterocycles. The molecule has 0 fully saturated rings. The maximum Gasteiger partial charge on any atom is 0.236 e. The lowest BCUT2D eigenvalue weighted by molar-refractivity contribution is -0.114. The first-order chi connectivity index (χ1) is 12.1. The number of aryl methyl sites for hydroxylation is 2. The van der Waals surface area contributed by atoms with Gasteiger partial charge < -0.3 is 10.6 Å². The average Bonchev–Trinajstić information content (AvgIpc) is 2.99. The van der Waals surface area contributed by atoms with E-state index in [4.69, 9.17) is 0 Å². The van der Waals surface area contributed by atoms with Crippen molar-refractivity contribution in [3.63, 3.8) is 0 Å². The smallest absolute Gasteiger partial charge is 0.236 e. The van der Waals surface area contributed by atoms with Gasteiger partial charge >= 0.3 is 0 Å². The molecule has 2 amide bonds. The number of fused-ring (bicyclic) bond motifs is 1. The van der Waals surface area contributed by atoms with Crippen LogP contribution in [0.4, 0.5) is 15.2 Å². The standard InChI is InChI=1S/C17H18FN3O2S2/c18-11-5-7-12(8-6-11)19-15(22)9-24-10-16(23)21-17-20-13-3-1-2-4-14(13)25-17/h5-8H,1-4,9-10H2,(H,19,22)(H,20,21,23). The Bertz CT molecular complexity index is 738. The Labute approximate surface area is 153 Å². The van der Waals surface area contributed by atoms with E-state index in [9.17, 15) is 14.0 Å². The Balaban J connectivity index is 1.39. The number of thiazole rings is 1. The summed E-state index contributed by atoms with van der Waals surface area (Å²) < 4.78 is 12.8. The number of carbonyl (C=O) groups excluding carboxylic acids is 2. The topological polar surface area (TPSA) is 71.1 Å². The summed E-state index contributed by atoms with van der Waals surface area (Å²) in [4.78, 5) is 29.5. The molecular weight excluding hydrogens is 361 g/mol. The van der Waals surface area contributed by atoms with E-state index in [1.807, 2.05) is 0 Å². The van der Waals surface area contributed by atoms with Gasteiger partial charge in [-0.1, -0.05) is 0 Å². The predicted molar refractivity (Wildman–Crippen MR) is 99.7 cm³/mol. The number of thioether (sulfide) groups is 1. The summed E-state index contributed by atoms with van der Waals surface area (Å²) in [6.45, 7) is 0. The fourth-order valence-corrected chi connectivity index (χ4v) is 4.21. The second kappa shape index (κ2) is 8.44. The first-order valence-corrected chi connectivity index (χ1v) is 9.99. The molecule has 25 heavy (non-hydrogen) atoms. The number of halogens is 1. The molecule has 0 bridgehead atoms. The fourth-order valence-electron chi connectivity index (χ4n) is 2.53. The summed E-state index contributed by atoms with van der Waals surface area (Å²) in [5, 5.41) is 6.11. The van der Waals surface area contributed by atoms with Crippen molar-refractivity contribution in [1.29, 1.82) is 0 Å².